The van der Waals surface area contributed by atoms with Crippen LogP contribution in [-0.2, 0) is 13.2 Å². The molecule has 0 radical (unpaired) electrons. The molecule has 0 bridgehead atoms. The molecule has 0 N–H and O–H groups in total. The highest BCUT2D eigenvalue weighted by molar-refractivity contribution is 6.32. The summed E-state index contributed by atoms with van der Waals surface area (Å²) in [5, 5.41) is 11.0. The number of non-ortho nitro benzene ring substituents is 1. The van der Waals surface area contributed by atoms with Gasteiger partial charge < -0.3 is 9.64 Å². The quantitative estimate of drug-likeness (QED) is 0.348. The number of halogens is 1. The predicted octanol–water partition coefficient (Wildman–Crippen LogP) is 5.09. The van der Waals surface area contributed by atoms with Crippen LogP contribution in [0.25, 0.3) is 0 Å². The van der Waals surface area contributed by atoms with Crippen molar-refractivity contribution in [1.82, 2.24) is 9.80 Å². The van der Waals surface area contributed by atoms with Crippen molar-refractivity contribution < 1.29 is 14.5 Å². The lowest BCUT2D eigenvalue weighted by atomic mass is 10.1. The Morgan fingerprint density at radius 2 is 1.74 bits per heavy atom. The summed E-state index contributed by atoms with van der Waals surface area (Å²) in [4.78, 5) is 27.5. The Labute approximate surface area is 203 Å². The molecule has 3 aromatic rings. The highest BCUT2D eigenvalue weighted by atomic mass is 35.5. The first-order valence-corrected chi connectivity index (χ1v) is 11.5. The minimum Gasteiger partial charge on any atom is -0.487 e. The van der Waals surface area contributed by atoms with E-state index in [1.54, 1.807) is 12.1 Å². The van der Waals surface area contributed by atoms with Crippen molar-refractivity contribution in [2.45, 2.75) is 20.1 Å². The first-order chi connectivity index (χ1) is 16.4. The minimum absolute atomic E-state index is 0.0288. The Kier molecular flexibility index (Phi) is 7.45. The van der Waals surface area contributed by atoms with E-state index < -0.39 is 4.92 Å². The summed E-state index contributed by atoms with van der Waals surface area (Å²) in [5.41, 5.74) is 3.98. The van der Waals surface area contributed by atoms with Gasteiger partial charge in [0.2, 0.25) is 0 Å². The van der Waals surface area contributed by atoms with Gasteiger partial charge in [-0.1, -0.05) is 53.6 Å². The average molecular weight is 480 g/mol. The molecule has 0 spiro atoms. The lowest BCUT2D eigenvalue weighted by Gasteiger charge is -2.34. The number of hydrogen-bond donors (Lipinski definition) is 0. The van der Waals surface area contributed by atoms with Gasteiger partial charge in [0.1, 0.15) is 12.4 Å². The number of carbonyl (C=O) groups excluding carboxylic acids is 1. The van der Waals surface area contributed by atoms with E-state index in [4.69, 9.17) is 16.3 Å². The van der Waals surface area contributed by atoms with Crippen LogP contribution in [0.2, 0.25) is 5.02 Å². The maximum atomic E-state index is 12.9. The van der Waals surface area contributed by atoms with E-state index in [-0.39, 0.29) is 23.2 Å². The Hall–Kier alpha value is -3.42. The molecular weight excluding hydrogens is 454 g/mol. The fourth-order valence-electron chi connectivity index (χ4n) is 3.99. The van der Waals surface area contributed by atoms with Crippen molar-refractivity contribution in [3.05, 3.63) is 104 Å². The van der Waals surface area contributed by atoms with Gasteiger partial charge in [0.25, 0.3) is 11.6 Å². The molecule has 8 heteroatoms. The van der Waals surface area contributed by atoms with Crippen molar-refractivity contribution in [2.75, 3.05) is 26.2 Å². The predicted molar refractivity (Wildman–Crippen MR) is 131 cm³/mol. The molecule has 0 unspecified atom stereocenters. The van der Waals surface area contributed by atoms with Gasteiger partial charge in [0, 0.05) is 50.4 Å². The van der Waals surface area contributed by atoms with Gasteiger partial charge in [-0.3, -0.25) is 19.8 Å². The van der Waals surface area contributed by atoms with Crippen LogP contribution in [0.4, 0.5) is 5.69 Å². The van der Waals surface area contributed by atoms with E-state index in [1.807, 2.05) is 17.0 Å². The van der Waals surface area contributed by atoms with E-state index in [2.05, 4.69) is 36.1 Å². The Morgan fingerprint density at radius 1 is 1.00 bits per heavy atom. The molecule has 7 nitrogen and oxygen atoms in total. The van der Waals surface area contributed by atoms with Crippen LogP contribution in [0.15, 0.2) is 66.7 Å². The number of ether oxygens (including phenoxy) is 1. The van der Waals surface area contributed by atoms with Crippen molar-refractivity contribution in [2.24, 2.45) is 0 Å². The maximum absolute atomic E-state index is 12.9. The molecular formula is C26H26ClN3O4. The third-order valence-electron chi connectivity index (χ3n) is 5.87. The van der Waals surface area contributed by atoms with E-state index >= 15 is 0 Å². The van der Waals surface area contributed by atoms with E-state index in [9.17, 15) is 14.9 Å². The van der Waals surface area contributed by atoms with E-state index in [1.165, 1.54) is 29.3 Å². The number of aryl methyl sites for hydroxylation is 1. The van der Waals surface area contributed by atoms with Gasteiger partial charge in [-0.2, -0.15) is 0 Å². The fraction of sp³-hybridized carbons (Fsp3) is 0.269. The van der Waals surface area contributed by atoms with Gasteiger partial charge in [0.05, 0.1) is 9.95 Å². The third-order valence-corrected chi connectivity index (χ3v) is 6.17. The van der Waals surface area contributed by atoms with Crippen molar-refractivity contribution in [3.63, 3.8) is 0 Å². The SMILES string of the molecule is Cc1cccc(CN2CCN(C(=O)c3ccc(COc4ccc([N+](=O)[O-])cc4Cl)cc3)CC2)c1. The molecule has 0 saturated carbocycles. The number of rotatable bonds is 7. The standard InChI is InChI=1S/C26H26ClN3O4/c1-19-3-2-4-21(15-19)17-28-11-13-29(14-12-28)26(31)22-7-5-20(6-8-22)18-34-25-10-9-23(30(32)33)16-24(25)27/h2-10,15-16H,11-14,17-18H2,1H3. The van der Waals surface area contributed by atoms with Crippen LogP contribution in [0, 0.1) is 17.0 Å². The number of amides is 1. The molecule has 0 aromatic heterocycles. The number of carbonyl (C=O) groups is 1. The van der Waals surface area contributed by atoms with Crippen LogP contribution in [0.5, 0.6) is 5.75 Å². The summed E-state index contributed by atoms with van der Waals surface area (Å²) < 4.78 is 5.69. The first kappa shape index (κ1) is 23.7. The zero-order chi connectivity index (χ0) is 24.1. The Balaban J connectivity index is 1.28. The summed E-state index contributed by atoms with van der Waals surface area (Å²) in [6.07, 6.45) is 0. The lowest BCUT2D eigenvalue weighted by Crippen LogP contribution is -2.48. The van der Waals surface area contributed by atoms with Gasteiger partial charge in [-0.05, 0) is 36.2 Å². The normalized spacial score (nSPS) is 14.1. The maximum Gasteiger partial charge on any atom is 0.271 e. The van der Waals surface area contributed by atoms with Gasteiger partial charge in [-0.15, -0.1) is 0 Å². The molecule has 1 amide bonds. The molecule has 1 heterocycles. The lowest BCUT2D eigenvalue weighted by molar-refractivity contribution is -0.384. The highest BCUT2D eigenvalue weighted by Gasteiger charge is 2.22. The first-order valence-electron chi connectivity index (χ1n) is 11.1. The molecule has 0 atom stereocenters. The Bertz CT molecular complexity index is 1170. The average Bonchev–Trinajstić information content (AvgIpc) is 2.83. The van der Waals surface area contributed by atoms with Gasteiger partial charge in [0.15, 0.2) is 0 Å². The van der Waals surface area contributed by atoms with Crippen LogP contribution in [0.1, 0.15) is 27.0 Å². The number of hydrogen-bond acceptors (Lipinski definition) is 5. The highest BCUT2D eigenvalue weighted by Crippen LogP contribution is 2.29. The number of nitro groups is 1. The summed E-state index contributed by atoms with van der Waals surface area (Å²) in [6, 6.07) is 19.9. The topological polar surface area (TPSA) is 75.9 Å². The molecule has 176 valence electrons. The number of nitrogens with zero attached hydrogens (tertiary/aromatic N) is 3. The second-order valence-corrected chi connectivity index (χ2v) is 8.82. The van der Waals surface area contributed by atoms with Gasteiger partial charge in [-0.25, -0.2) is 0 Å². The minimum atomic E-state index is -0.505. The van der Waals surface area contributed by atoms with E-state index in [0.717, 1.165) is 25.2 Å². The molecule has 3 aromatic carbocycles. The van der Waals surface area contributed by atoms with Gasteiger partial charge >= 0.3 is 0 Å². The summed E-state index contributed by atoms with van der Waals surface area (Å²) in [7, 11) is 0. The molecule has 1 saturated heterocycles. The molecule has 1 aliphatic rings. The largest absolute Gasteiger partial charge is 0.487 e. The van der Waals surface area contributed by atoms with E-state index in [0.29, 0.717) is 24.4 Å². The van der Waals surface area contributed by atoms with Crippen molar-refractivity contribution >= 4 is 23.2 Å². The summed E-state index contributed by atoms with van der Waals surface area (Å²) in [6.45, 7) is 6.34. The van der Waals surface area contributed by atoms with Crippen LogP contribution < -0.4 is 4.74 Å². The van der Waals surface area contributed by atoms with Crippen LogP contribution in [0.3, 0.4) is 0 Å². The van der Waals surface area contributed by atoms with Crippen LogP contribution in [-0.4, -0.2) is 46.8 Å². The zero-order valence-corrected chi connectivity index (χ0v) is 19.7. The molecule has 0 aliphatic carbocycles. The third kappa shape index (κ3) is 5.92. The monoisotopic (exact) mass is 479 g/mol. The molecule has 34 heavy (non-hydrogen) atoms. The molecule has 4 rings (SSSR count). The zero-order valence-electron chi connectivity index (χ0n) is 18.9. The molecule has 1 aliphatic heterocycles. The number of benzene rings is 3. The smallest absolute Gasteiger partial charge is 0.271 e. The fourth-order valence-corrected chi connectivity index (χ4v) is 4.21. The molecule has 1 fully saturated rings. The van der Waals surface area contributed by atoms with Crippen LogP contribution >= 0.6 is 11.6 Å². The Morgan fingerprint density at radius 3 is 2.38 bits per heavy atom. The summed E-state index contributed by atoms with van der Waals surface area (Å²) >= 11 is 6.07. The second kappa shape index (κ2) is 10.7. The van der Waals surface area contributed by atoms with Crippen molar-refractivity contribution in [3.8, 4) is 5.75 Å². The van der Waals surface area contributed by atoms with Crippen molar-refractivity contribution in [1.29, 1.82) is 0 Å². The second-order valence-electron chi connectivity index (χ2n) is 8.41. The number of piperazine rings is 1. The summed E-state index contributed by atoms with van der Waals surface area (Å²) in [5.74, 6) is 0.400. The number of nitro benzene ring substituents is 1.